The highest BCUT2D eigenvalue weighted by Gasteiger charge is 2.17. The summed E-state index contributed by atoms with van der Waals surface area (Å²) < 4.78 is 2.60. The minimum Gasteiger partial charge on any atom is -0.228 e. The van der Waals surface area contributed by atoms with Crippen LogP contribution in [0.15, 0.2) is 206 Å². The Morgan fingerprint density at radius 2 is 0.825 bits per heavy atom. The summed E-state index contributed by atoms with van der Waals surface area (Å²) in [6.07, 6.45) is 0. The van der Waals surface area contributed by atoms with Crippen LogP contribution in [0.2, 0.25) is 0 Å². The van der Waals surface area contributed by atoms with Crippen LogP contribution in [0, 0.1) is 0 Å². The number of aromatic nitrogens is 2. The molecule has 0 unspecified atom stereocenters. The Labute approximate surface area is 335 Å². The summed E-state index contributed by atoms with van der Waals surface area (Å²) in [6, 6.07) is 74.2. The molecule has 266 valence electrons. The molecule has 0 bridgehead atoms. The lowest BCUT2D eigenvalue weighted by Gasteiger charge is -2.16. The highest BCUT2D eigenvalue weighted by Crippen LogP contribution is 2.41. The van der Waals surface area contributed by atoms with Gasteiger partial charge in [-0.2, -0.15) is 0 Å². The molecule has 0 amide bonds. The molecule has 0 atom stereocenters. The van der Waals surface area contributed by atoms with E-state index in [0.717, 1.165) is 39.2 Å². The zero-order valence-electron chi connectivity index (χ0n) is 30.9. The van der Waals surface area contributed by atoms with Crippen LogP contribution in [0.4, 0.5) is 0 Å². The first-order valence-corrected chi connectivity index (χ1v) is 20.1. The fourth-order valence-corrected chi connectivity index (χ4v) is 9.31. The predicted octanol–water partition coefficient (Wildman–Crippen LogP) is 15.2. The Balaban J connectivity index is 1.15. The summed E-state index contributed by atoms with van der Waals surface area (Å²) >= 11 is 1.85. The van der Waals surface area contributed by atoms with Gasteiger partial charge in [-0.3, -0.25) is 0 Å². The number of thiophene rings is 1. The van der Waals surface area contributed by atoms with E-state index in [0.29, 0.717) is 5.82 Å². The van der Waals surface area contributed by atoms with Gasteiger partial charge in [0.25, 0.3) is 0 Å². The van der Waals surface area contributed by atoms with E-state index in [1.54, 1.807) is 0 Å². The molecular formula is C54H34N2S. The molecule has 3 heteroatoms. The molecule has 9 aromatic carbocycles. The first kappa shape index (κ1) is 33.2. The molecule has 0 aliphatic heterocycles. The summed E-state index contributed by atoms with van der Waals surface area (Å²) in [5.74, 6) is 0.703. The SMILES string of the molecule is c1ccc(-c2cc(-c3cc(-c4ccc5sc6ccccc6c5c4)cc(-c4ccccc4-c4ccc5ccc6ccccc6c5c4)c3)nc(-c3ccccc3)n2)cc1. The smallest absolute Gasteiger partial charge is 0.160 e. The molecule has 57 heavy (non-hydrogen) atoms. The largest absolute Gasteiger partial charge is 0.228 e. The lowest BCUT2D eigenvalue weighted by molar-refractivity contribution is 1.18. The number of nitrogens with zero attached hydrogens (tertiary/aromatic N) is 2. The normalized spacial score (nSPS) is 11.5. The van der Waals surface area contributed by atoms with Gasteiger partial charge in [-0.05, 0) is 103 Å². The average Bonchev–Trinajstić information content (AvgIpc) is 3.67. The quantitative estimate of drug-likeness (QED) is 0.159. The number of benzene rings is 9. The Morgan fingerprint density at radius 1 is 0.281 bits per heavy atom. The Bertz CT molecular complexity index is 3230. The van der Waals surface area contributed by atoms with Gasteiger partial charge in [0.2, 0.25) is 0 Å². The topological polar surface area (TPSA) is 25.8 Å². The van der Waals surface area contributed by atoms with E-state index >= 15 is 0 Å². The third-order valence-electron chi connectivity index (χ3n) is 11.1. The van der Waals surface area contributed by atoms with Crippen molar-refractivity contribution in [3.05, 3.63) is 206 Å². The fourth-order valence-electron chi connectivity index (χ4n) is 8.23. The van der Waals surface area contributed by atoms with Crippen molar-refractivity contribution in [3.8, 4) is 67.3 Å². The molecule has 0 aliphatic carbocycles. The standard InChI is InChI=1S/C54H34N2S/c1-3-14-37(15-4-1)50-34-51(56-54(55-50)38-16-5-2-6-17-38)43-30-41(39-27-28-53-49(32-39)47-21-11-12-22-52(47)57-53)29-42(31-43)46-20-10-9-19-45(46)40-26-25-36-24-23-35-13-7-8-18-44(35)48(36)33-40/h1-34H. The third kappa shape index (κ3) is 6.06. The maximum Gasteiger partial charge on any atom is 0.160 e. The molecule has 0 radical (unpaired) electrons. The molecule has 0 saturated carbocycles. The Hall–Kier alpha value is -7.20. The van der Waals surface area contributed by atoms with Crippen LogP contribution in [0.3, 0.4) is 0 Å². The zero-order valence-corrected chi connectivity index (χ0v) is 31.7. The van der Waals surface area contributed by atoms with Crippen molar-refractivity contribution in [1.29, 1.82) is 0 Å². The van der Waals surface area contributed by atoms with E-state index in [4.69, 9.17) is 9.97 Å². The molecular weight excluding hydrogens is 709 g/mol. The maximum absolute atomic E-state index is 5.29. The molecule has 0 N–H and O–H groups in total. The van der Waals surface area contributed by atoms with Gasteiger partial charge in [-0.15, -0.1) is 11.3 Å². The minimum absolute atomic E-state index is 0.703. The van der Waals surface area contributed by atoms with Crippen molar-refractivity contribution in [2.24, 2.45) is 0 Å². The van der Waals surface area contributed by atoms with Gasteiger partial charge in [0.1, 0.15) is 0 Å². The molecule has 0 aliphatic rings. The van der Waals surface area contributed by atoms with Crippen LogP contribution < -0.4 is 0 Å². The second-order valence-electron chi connectivity index (χ2n) is 14.6. The van der Waals surface area contributed by atoms with Crippen molar-refractivity contribution >= 4 is 53.1 Å². The van der Waals surface area contributed by atoms with E-state index in [9.17, 15) is 0 Å². The number of hydrogen-bond donors (Lipinski definition) is 0. The summed E-state index contributed by atoms with van der Waals surface area (Å²) in [4.78, 5) is 10.4. The van der Waals surface area contributed by atoms with Gasteiger partial charge in [0.15, 0.2) is 5.82 Å². The molecule has 11 aromatic rings. The van der Waals surface area contributed by atoms with Gasteiger partial charge in [0, 0.05) is 36.9 Å². The van der Waals surface area contributed by atoms with Gasteiger partial charge in [-0.1, -0.05) is 158 Å². The van der Waals surface area contributed by atoms with Gasteiger partial charge in [0.05, 0.1) is 11.4 Å². The maximum atomic E-state index is 5.29. The van der Waals surface area contributed by atoms with Crippen molar-refractivity contribution in [2.75, 3.05) is 0 Å². The molecule has 0 saturated heterocycles. The van der Waals surface area contributed by atoms with Crippen LogP contribution in [0.1, 0.15) is 0 Å². The molecule has 2 aromatic heterocycles. The zero-order chi connectivity index (χ0) is 37.7. The molecule has 0 spiro atoms. The van der Waals surface area contributed by atoms with Crippen molar-refractivity contribution in [1.82, 2.24) is 9.97 Å². The van der Waals surface area contributed by atoms with Crippen molar-refractivity contribution in [2.45, 2.75) is 0 Å². The second kappa shape index (κ2) is 13.8. The van der Waals surface area contributed by atoms with E-state index in [-0.39, 0.29) is 0 Å². The van der Waals surface area contributed by atoms with Gasteiger partial charge >= 0.3 is 0 Å². The predicted molar refractivity (Wildman–Crippen MR) is 243 cm³/mol. The lowest BCUT2D eigenvalue weighted by atomic mass is 9.89. The molecule has 2 nitrogen and oxygen atoms in total. The van der Waals surface area contributed by atoms with Crippen LogP contribution in [-0.4, -0.2) is 9.97 Å². The van der Waals surface area contributed by atoms with E-state index < -0.39 is 0 Å². The average molecular weight is 743 g/mol. The first-order chi connectivity index (χ1) is 28.2. The van der Waals surface area contributed by atoms with Crippen LogP contribution in [-0.2, 0) is 0 Å². The summed E-state index contributed by atoms with van der Waals surface area (Å²) in [7, 11) is 0. The van der Waals surface area contributed by atoms with Gasteiger partial charge < -0.3 is 0 Å². The minimum atomic E-state index is 0.703. The molecule has 0 fully saturated rings. The molecule has 11 rings (SSSR count). The van der Waals surface area contributed by atoms with Crippen LogP contribution in [0.5, 0.6) is 0 Å². The number of hydrogen-bond acceptors (Lipinski definition) is 3. The Kier molecular flexibility index (Phi) is 8.04. The van der Waals surface area contributed by atoms with Gasteiger partial charge in [-0.25, -0.2) is 9.97 Å². The molecule has 2 heterocycles. The highest BCUT2D eigenvalue weighted by atomic mass is 32.1. The monoisotopic (exact) mass is 742 g/mol. The van der Waals surface area contributed by atoms with Crippen molar-refractivity contribution < 1.29 is 0 Å². The Morgan fingerprint density at radius 3 is 1.63 bits per heavy atom. The second-order valence-corrected chi connectivity index (χ2v) is 15.7. The highest BCUT2D eigenvalue weighted by molar-refractivity contribution is 7.25. The van der Waals surface area contributed by atoms with E-state index in [1.165, 1.54) is 64.0 Å². The number of fused-ring (bicyclic) bond motifs is 6. The fraction of sp³-hybridized carbons (Fsp3) is 0. The number of rotatable bonds is 6. The third-order valence-corrected chi connectivity index (χ3v) is 12.2. The summed E-state index contributed by atoms with van der Waals surface area (Å²) in [6.45, 7) is 0. The first-order valence-electron chi connectivity index (χ1n) is 19.3. The van der Waals surface area contributed by atoms with Crippen molar-refractivity contribution in [3.63, 3.8) is 0 Å². The van der Waals surface area contributed by atoms with E-state index in [2.05, 4.69) is 182 Å². The lowest BCUT2D eigenvalue weighted by Crippen LogP contribution is -1.96. The summed E-state index contributed by atoms with van der Waals surface area (Å²) in [5, 5.41) is 7.58. The van der Waals surface area contributed by atoms with E-state index in [1.807, 2.05) is 35.6 Å². The van der Waals surface area contributed by atoms with Crippen LogP contribution >= 0.6 is 11.3 Å². The van der Waals surface area contributed by atoms with Crippen LogP contribution in [0.25, 0.3) is 109 Å². The summed E-state index contributed by atoms with van der Waals surface area (Å²) in [5.41, 5.74) is 11.8.